The van der Waals surface area contributed by atoms with Crippen LogP contribution in [0, 0.1) is 11.3 Å². The first-order valence-electron chi connectivity index (χ1n) is 5.63. The molecule has 0 radical (unpaired) electrons. The average molecular weight is 280 g/mol. The zero-order valence-electron chi connectivity index (χ0n) is 9.96. The quantitative estimate of drug-likeness (QED) is 0.768. The molecule has 1 aromatic rings. The van der Waals surface area contributed by atoms with Crippen molar-refractivity contribution in [1.82, 2.24) is 4.72 Å². The van der Waals surface area contributed by atoms with Gasteiger partial charge >= 0.3 is 5.97 Å². The molecule has 0 amide bonds. The lowest BCUT2D eigenvalue weighted by Gasteiger charge is -2.11. The summed E-state index contributed by atoms with van der Waals surface area (Å²) in [6, 6.07) is 7.44. The maximum Gasteiger partial charge on any atom is 0.314 e. The first-order valence-corrected chi connectivity index (χ1v) is 7.11. The Morgan fingerprint density at radius 2 is 1.95 bits per heavy atom. The molecule has 0 atom stereocenters. The number of aliphatic carboxylic acids is 1. The minimum Gasteiger partial charge on any atom is -0.481 e. The lowest BCUT2D eigenvalue weighted by molar-refractivity contribution is -0.140. The number of carboxylic acids is 1. The van der Waals surface area contributed by atoms with Crippen molar-refractivity contribution < 1.29 is 18.3 Å². The van der Waals surface area contributed by atoms with Gasteiger partial charge in [0.15, 0.2) is 0 Å². The molecule has 19 heavy (non-hydrogen) atoms. The Bertz CT molecular complexity index is 639. The van der Waals surface area contributed by atoms with Gasteiger partial charge in [-0.3, -0.25) is 4.79 Å². The molecule has 1 aliphatic carbocycles. The lowest BCUT2D eigenvalue weighted by Crippen LogP contribution is -2.24. The van der Waals surface area contributed by atoms with E-state index in [1.54, 1.807) is 6.07 Å². The number of nitrogens with zero attached hydrogens (tertiary/aromatic N) is 1. The third-order valence-electron chi connectivity index (χ3n) is 3.22. The summed E-state index contributed by atoms with van der Waals surface area (Å²) in [6.07, 6.45) is 1.14. The number of nitrogens with one attached hydrogen (secondary N) is 1. The molecular weight excluding hydrogens is 268 g/mol. The Labute approximate surface area is 110 Å². The van der Waals surface area contributed by atoms with E-state index in [1.807, 2.05) is 0 Å². The van der Waals surface area contributed by atoms with Gasteiger partial charge in [0.05, 0.1) is 22.9 Å². The predicted molar refractivity (Wildman–Crippen MR) is 65.8 cm³/mol. The topological polar surface area (TPSA) is 107 Å². The third-order valence-corrected chi connectivity index (χ3v) is 4.63. The molecule has 7 heteroatoms. The monoisotopic (exact) mass is 280 g/mol. The average Bonchev–Trinajstić information content (AvgIpc) is 3.18. The van der Waals surface area contributed by atoms with Gasteiger partial charge in [-0.1, -0.05) is 12.1 Å². The fraction of sp³-hybridized carbons (Fsp3) is 0.333. The van der Waals surface area contributed by atoms with Crippen LogP contribution in [-0.2, 0) is 20.2 Å². The Kier molecular flexibility index (Phi) is 3.30. The van der Waals surface area contributed by atoms with Crippen LogP contribution in [0.1, 0.15) is 18.4 Å². The van der Waals surface area contributed by atoms with E-state index in [2.05, 4.69) is 4.72 Å². The van der Waals surface area contributed by atoms with Crippen molar-refractivity contribution in [3.63, 3.8) is 0 Å². The molecule has 6 nitrogen and oxygen atoms in total. The molecule has 1 saturated carbocycles. The van der Waals surface area contributed by atoms with Gasteiger partial charge in [-0.15, -0.1) is 0 Å². The van der Waals surface area contributed by atoms with E-state index in [4.69, 9.17) is 10.4 Å². The molecule has 2 N–H and O–H groups in total. The molecule has 0 bridgehead atoms. The zero-order valence-corrected chi connectivity index (χ0v) is 10.8. The maximum absolute atomic E-state index is 11.7. The summed E-state index contributed by atoms with van der Waals surface area (Å²) >= 11 is 0. The molecule has 0 heterocycles. The molecular formula is C12H12N2O4S. The molecule has 100 valence electrons. The summed E-state index contributed by atoms with van der Waals surface area (Å²) in [4.78, 5) is 11.2. The SMILES string of the molecule is N#CCNS(=O)(=O)c1ccc(C2(C(=O)O)CC2)cc1. The predicted octanol–water partition coefficient (Wildman–Crippen LogP) is 0.605. The molecule has 0 saturated heterocycles. The molecule has 0 spiro atoms. The Hall–Kier alpha value is -1.91. The summed E-state index contributed by atoms with van der Waals surface area (Å²) in [5.74, 6) is -0.884. The highest BCUT2D eigenvalue weighted by atomic mass is 32.2. The smallest absolute Gasteiger partial charge is 0.314 e. The van der Waals surface area contributed by atoms with Gasteiger partial charge in [0, 0.05) is 0 Å². The van der Waals surface area contributed by atoms with Crippen LogP contribution in [0.2, 0.25) is 0 Å². The minimum absolute atomic E-state index is 0.0210. The van der Waals surface area contributed by atoms with E-state index in [1.165, 1.54) is 24.3 Å². The van der Waals surface area contributed by atoms with Crippen molar-refractivity contribution >= 4 is 16.0 Å². The van der Waals surface area contributed by atoms with Crippen LogP contribution in [0.5, 0.6) is 0 Å². The van der Waals surface area contributed by atoms with Crippen molar-refractivity contribution in [2.75, 3.05) is 6.54 Å². The maximum atomic E-state index is 11.7. The van der Waals surface area contributed by atoms with Gasteiger partial charge in [0.25, 0.3) is 0 Å². The van der Waals surface area contributed by atoms with Gasteiger partial charge in [-0.25, -0.2) is 8.42 Å². The highest BCUT2D eigenvalue weighted by Crippen LogP contribution is 2.48. The first-order chi connectivity index (χ1) is 8.92. The van der Waals surface area contributed by atoms with Crippen LogP contribution in [-0.4, -0.2) is 26.0 Å². The molecule has 2 rings (SSSR count). The Morgan fingerprint density at radius 1 is 1.37 bits per heavy atom. The number of benzene rings is 1. The van der Waals surface area contributed by atoms with E-state index in [-0.39, 0.29) is 11.4 Å². The van der Waals surface area contributed by atoms with Crippen molar-refractivity contribution in [1.29, 1.82) is 5.26 Å². The van der Waals surface area contributed by atoms with Crippen LogP contribution in [0.4, 0.5) is 0 Å². The second kappa shape index (κ2) is 4.64. The van der Waals surface area contributed by atoms with Crippen molar-refractivity contribution in [3.8, 4) is 6.07 Å². The van der Waals surface area contributed by atoms with Gasteiger partial charge in [-0.2, -0.15) is 9.98 Å². The molecule has 1 aromatic carbocycles. The van der Waals surface area contributed by atoms with Gasteiger partial charge in [0.2, 0.25) is 10.0 Å². The summed E-state index contributed by atoms with van der Waals surface area (Å²) < 4.78 is 25.6. The number of hydrogen-bond acceptors (Lipinski definition) is 4. The fourth-order valence-electron chi connectivity index (χ4n) is 1.91. The number of rotatable bonds is 5. The summed E-state index contributed by atoms with van der Waals surface area (Å²) in [6.45, 7) is -0.302. The number of sulfonamides is 1. The number of nitriles is 1. The third kappa shape index (κ3) is 2.45. The van der Waals surface area contributed by atoms with Crippen LogP contribution in [0.25, 0.3) is 0 Å². The first kappa shape index (κ1) is 13.5. The van der Waals surface area contributed by atoms with E-state index >= 15 is 0 Å². The lowest BCUT2D eigenvalue weighted by atomic mass is 9.96. The van der Waals surface area contributed by atoms with Crippen molar-refractivity contribution in [2.24, 2.45) is 0 Å². The van der Waals surface area contributed by atoms with Gasteiger partial charge in [0.1, 0.15) is 0 Å². The molecule has 1 fully saturated rings. The van der Waals surface area contributed by atoms with Crippen molar-refractivity contribution in [2.45, 2.75) is 23.2 Å². The van der Waals surface area contributed by atoms with Crippen LogP contribution >= 0.6 is 0 Å². The number of hydrogen-bond donors (Lipinski definition) is 2. The van der Waals surface area contributed by atoms with Crippen molar-refractivity contribution in [3.05, 3.63) is 29.8 Å². The van der Waals surface area contributed by atoms with Gasteiger partial charge in [-0.05, 0) is 30.5 Å². The summed E-state index contributed by atoms with van der Waals surface area (Å²) in [5.41, 5.74) is -0.234. The Morgan fingerprint density at radius 3 is 2.37 bits per heavy atom. The zero-order chi connectivity index (χ0) is 14.1. The number of carbonyl (C=O) groups is 1. The number of carboxylic acid groups (broad SMARTS) is 1. The van der Waals surface area contributed by atoms with Gasteiger partial charge < -0.3 is 5.11 Å². The summed E-state index contributed by atoms with van der Waals surface area (Å²) in [7, 11) is -3.70. The summed E-state index contributed by atoms with van der Waals surface area (Å²) in [5, 5.41) is 17.5. The molecule has 0 unspecified atom stereocenters. The minimum atomic E-state index is -3.70. The molecule has 0 aliphatic heterocycles. The van der Waals surface area contributed by atoms with E-state index in [0.717, 1.165) is 0 Å². The highest BCUT2D eigenvalue weighted by Gasteiger charge is 2.51. The fourth-order valence-corrected chi connectivity index (χ4v) is 2.83. The second-order valence-electron chi connectivity index (χ2n) is 4.39. The Balaban J connectivity index is 2.25. The molecule has 0 aromatic heterocycles. The second-order valence-corrected chi connectivity index (χ2v) is 6.16. The largest absolute Gasteiger partial charge is 0.481 e. The normalized spacial score (nSPS) is 16.6. The van der Waals surface area contributed by atoms with Crippen LogP contribution < -0.4 is 4.72 Å². The standard InChI is InChI=1S/C12H12N2O4S/c13-7-8-14-19(17,18)10-3-1-9(2-4-10)12(5-6-12)11(15)16/h1-4,14H,5-6,8H2,(H,15,16). The highest BCUT2D eigenvalue weighted by molar-refractivity contribution is 7.89. The van der Waals surface area contributed by atoms with Crippen LogP contribution in [0.15, 0.2) is 29.2 Å². The molecule has 1 aliphatic rings. The van der Waals surface area contributed by atoms with Crippen LogP contribution in [0.3, 0.4) is 0 Å². The van der Waals surface area contributed by atoms with E-state index < -0.39 is 21.4 Å². The van der Waals surface area contributed by atoms with E-state index in [9.17, 15) is 13.2 Å². The van der Waals surface area contributed by atoms with E-state index in [0.29, 0.717) is 18.4 Å².